The molecule has 4 nitrogen and oxygen atoms in total. The average molecular weight is 180 g/mol. The zero-order valence-electron chi connectivity index (χ0n) is 7.40. The Balaban J connectivity index is 2.98. The average Bonchev–Trinajstić information content (AvgIpc) is 2.04. The lowest BCUT2D eigenvalue weighted by Crippen LogP contribution is -2.35. The lowest BCUT2D eigenvalue weighted by molar-refractivity contribution is 0.254. The fraction of sp³-hybridized carbons (Fsp3) is 0.222. The number of aromatic hydroxyl groups is 1. The largest absolute Gasteiger partial charge is 0.508 e. The number of nitrogens with two attached hydrogens (primary N) is 1. The molecular formula is C9H12N2O2. The number of anilines is 1. The van der Waals surface area contributed by atoms with Gasteiger partial charge in [0, 0.05) is 18.3 Å². The van der Waals surface area contributed by atoms with Gasteiger partial charge in [-0.1, -0.05) is 6.07 Å². The van der Waals surface area contributed by atoms with E-state index in [0.717, 1.165) is 0 Å². The number of hydrogen-bond donors (Lipinski definition) is 2. The van der Waals surface area contributed by atoms with Crippen LogP contribution in [0.1, 0.15) is 6.92 Å². The molecule has 0 radical (unpaired) electrons. The minimum Gasteiger partial charge on any atom is -0.508 e. The van der Waals surface area contributed by atoms with Crippen LogP contribution in [-0.2, 0) is 0 Å². The van der Waals surface area contributed by atoms with Crippen LogP contribution in [0.15, 0.2) is 24.3 Å². The number of phenols is 1. The number of carbonyl (C=O) groups is 1. The van der Waals surface area contributed by atoms with Crippen molar-refractivity contribution in [1.29, 1.82) is 0 Å². The van der Waals surface area contributed by atoms with E-state index < -0.39 is 6.03 Å². The first-order chi connectivity index (χ1) is 6.15. The Hall–Kier alpha value is -1.71. The molecule has 70 valence electrons. The van der Waals surface area contributed by atoms with Gasteiger partial charge in [0.15, 0.2) is 0 Å². The molecule has 0 saturated carbocycles. The van der Waals surface area contributed by atoms with Crippen molar-refractivity contribution in [3.63, 3.8) is 0 Å². The van der Waals surface area contributed by atoms with E-state index in [2.05, 4.69) is 0 Å². The third kappa shape index (κ3) is 2.11. The first-order valence-electron chi connectivity index (χ1n) is 4.01. The predicted molar refractivity (Wildman–Crippen MR) is 50.7 cm³/mol. The van der Waals surface area contributed by atoms with Crippen LogP contribution in [0.25, 0.3) is 0 Å². The minimum atomic E-state index is -0.520. The Labute approximate surface area is 76.6 Å². The topological polar surface area (TPSA) is 66.6 Å². The lowest BCUT2D eigenvalue weighted by atomic mass is 10.3. The molecule has 2 amide bonds. The number of carbonyl (C=O) groups excluding carboxylic acids is 1. The molecule has 0 fully saturated rings. The van der Waals surface area contributed by atoms with E-state index in [1.165, 1.54) is 11.0 Å². The Kier molecular flexibility index (Phi) is 2.74. The van der Waals surface area contributed by atoms with Crippen molar-refractivity contribution in [2.24, 2.45) is 5.73 Å². The van der Waals surface area contributed by atoms with Gasteiger partial charge >= 0.3 is 6.03 Å². The zero-order chi connectivity index (χ0) is 9.84. The van der Waals surface area contributed by atoms with Gasteiger partial charge in [0.2, 0.25) is 0 Å². The summed E-state index contributed by atoms with van der Waals surface area (Å²) in [4.78, 5) is 12.3. The Bertz CT molecular complexity index is 312. The van der Waals surface area contributed by atoms with Crippen molar-refractivity contribution in [3.8, 4) is 5.75 Å². The van der Waals surface area contributed by atoms with E-state index in [9.17, 15) is 4.79 Å². The van der Waals surface area contributed by atoms with Crippen LogP contribution in [0.4, 0.5) is 10.5 Å². The van der Waals surface area contributed by atoms with Crippen LogP contribution in [0.2, 0.25) is 0 Å². The van der Waals surface area contributed by atoms with Gasteiger partial charge < -0.3 is 10.8 Å². The van der Waals surface area contributed by atoms with Gasteiger partial charge in [0.1, 0.15) is 5.75 Å². The van der Waals surface area contributed by atoms with Crippen LogP contribution >= 0.6 is 0 Å². The second kappa shape index (κ2) is 3.80. The standard InChI is InChI=1S/C9H12N2O2/c1-2-11(9(10)13)7-4-3-5-8(12)6-7/h3-6,12H,2H2,1H3,(H2,10,13). The SMILES string of the molecule is CCN(C(N)=O)c1cccc(O)c1. The van der Waals surface area contributed by atoms with E-state index in [0.29, 0.717) is 12.2 Å². The van der Waals surface area contributed by atoms with Gasteiger partial charge in [-0.05, 0) is 19.1 Å². The van der Waals surface area contributed by atoms with Gasteiger partial charge in [-0.25, -0.2) is 4.79 Å². The van der Waals surface area contributed by atoms with Gasteiger partial charge in [-0.3, -0.25) is 4.90 Å². The maximum Gasteiger partial charge on any atom is 0.319 e. The maximum absolute atomic E-state index is 10.9. The highest BCUT2D eigenvalue weighted by Crippen LogP contribution is 2.19. The highest BCUT2D eigenvalue weighted by molar-refractivity contribution is 5.90. The molecule has 0 spiro atoms. The van der Waals surface area contributed by atoms with Crippen LogP contribution in [0.3, 0.4) is 0 Å². The zero-order valence-corrected chi connectivity index (χ0v) is 7.40. The quantitative estimate of drug-likeness (QED) is 0.720. The summed E-state index contributed by atoms with van der Waals surface area (Å²) in [6.45, 7) is 2.30. The minimum absolute atomic E-state index is 0.122. The van der Waals surface area contributed by atoms with Crippen LogP contribution in [0.5, 0.6) is 5.75 Å². The van der Waals surface area contributed by atoms with Crippen molar-refractivity contribution < 1.29 is 9.90 Å². The first-order valence-corrected chi connectivity index (χ1v) is 4.01. The van der Waals surface area contributed by atoms with Gasteiger partial charge in [-0.2, -0.15) is 0 Å². The lowest BCUT2D eigenvalue weighted by Gasteiger charge is -2.17. The Morgan fingerprint density at radius 3 is 2.77 bits per heavy atom. The van der Waals surface area contributed by atoms with Gasteiger partial charge in [-0.15, -0.1) is 0 Å². The molecule has 0 heterocycles. The number of urea groups is 1. The van der Waals surface area contributed by atoms with Crippen molar-refractivity contribution in [2.45, 2.75) is 6.92 Å². The maximum atomic E-state index is 10.9. The summed E-state index contributed by atoms with van der Waals surface area (Å²) >= 11 is 0. The molecule has 3 N–H and O–H groups in total. The highest BCUT2D eigenvalue weighted by atomic mass is 16.3. The fourth-order valence-corrected chi connectivity index (χ4v) is 1.13. The monoisotopic (exact) mass is 180 g/mol. The molecule has 1 aromatic rings. The Morgan fingerprint density at radius 1 is 1.62 bits per heavy atom. The van der Waals surface area contributed by atoms with Crippen molar-refractivity contribution in [3.05, 3.63) is 24.3 Å². The molecule has 0 aliphatic rings. The van der Waals surface area contributed by atoms with Gasteiger partial charge in [0.05, 0.1) is 0 Å². The molecule has 1 rings (SSSR count). The third-order valence-corrected chi connectivity index (χ3v) is 1.72. The number of primary amides is 1. The molecule has 13 heavy (non-hydrogen) atoms. The summed E-state index contributed by atoms with van der Waals surface area (Å²) in [6, 6.07) is 5.89. The summed E-state index contributed by atoms with van der Waals surface area (Å²) in [6.07, 6.45) is 0. The summed E-state index contributed by atoms with van der Waals surface area (Å²) < 4.78 is 0. The molecule has 0 aliphatic carbocycles. The van der Waals surface area contributed by atoms with E-state index in [1.54, 1.807) is 18.2 Å². The second-order valence-corrected chi connectivity index (χ2v) is 2.60. The fourth-order valence-electron chi connectivity index (χ4n) is 1.13. The molecule has 1 aromatic carbocycles. The number of rotatable bonds is 2. The smallest absolute Gasteiger partial charge is 0.319 e. The number of nitrogens with zero attached hydrogens (tertiary/aromatic N) is 1. The van der Waals surface area contributed by atoms with Crippen molar-refractivity contribution in [2.75, 3.05) is 11.4 Å². The van der Waals surface area contributed by atoms with Crippen molar-refractivity contribution >= 4 is 11.7 Å². The normalized spacial score (nSPS) is 9.62. The summed E-state index contributed by atoms with van der Waals surface area (Å²) in [7, 11) is 0. The second-order valence-electron chi connectivity index (χ2n) is 2.60. The molecule has 0 saturated heterocycles. The molecule has 0 bridgehead atoms. The van der Waals surface area contributed by atoms with Crippen LogP contribution in [-0.4, -0.2) is 17.7 Å². The molecule has 0 aromatic heterocycles. The molecule has 4 heteroatoms. The van der Waals surface area contributed by atoms with Gasteiger partial charge in [0.25, 0.3) is 0 Å². The molecule has 0 aliphatic heterocycles. The molecule has 0 atom stereocenters. The summed E-state index contributed by atoms with van der Waals surface area (Å²) in [5.74, 6) is 0.122. The first kappa shape index (κ1) is 9.38. The van der Waals surface area contributed by atoms with Crippen LogP contribution < -0.4 is 10.6 Å². The van der Waals surface area contributed by atoms with Crippen LogP contribution in [0, 0.1) is 0 Å². The highest BCUT2D eigenvalue weighted by Gasteiger charge is 2.09. The Morgan fingerprint density at radius 2 is 2.31 bits per heavy atom. The number of amides is 2. The third-order valence-electron chi connectivity index (χ3n) is 1.72. The van der Waals surface area contributed by atoms with Crippen molar-refractivity contribution in [1.82, 2.24) is 0 Å². The van der Waals surface area contributed by atoms with E-state index in [1.807, 2.05) is 6.92 Å². The summed E-state index contributed by atoms with van der Waals surface area (Å²) in [5.41, 5.74) is 5.74. The summed E-state index contributed by atoms with van der Waals surface area (Å²) in [5, 5.41) is 9.16. The number of hydrogen-bond acceptors (Lipinski definition) is 2. The van der Waals surface area contributed by atoms with E-state index in [4.69, 9.17) is 10.8 Å². The molecular weight excluding hydrogens is 168 g/mol. The van der Waals surface area contributed by atoms with E-state index in [-0.39, 0.29) is 5.75 Å². The number of phenolic OH excluding ortho intramolecular Hbond substituents is 1. The molecule has 0 unspecified atom stereocenters. The number of benzene rings is 1. The predicted octanol–water partition coefficient (Wildman–Crippen LogP) is 1.30. The van der Waals surface area contributed by atoms with E-state index >= 15 is 0 Å².